The number of hydrogen-bond donors (Lipinski definition) is 0. The van der Waals surface area contributed by atoms with Crippen LogP contribution in [0.4, 0.5) is 0 Å². The number of carbonyl (C=O) groups excluding carboxylic acids is 1. The van der Waals surface area contributed by atoms with Crippen LogP contribution in [0.5, 0.6) is 0 Å². The lowest BCUT2D eigenvalue weighted by molar-refractivity contribution is 0.0931. The quantitative estimate of drug-likeness (QED) is 0.758. The van der Waals surface area contributed by atoms with Crippen molar-refractivity contribution >= 4 is 5.78 Å². The molecule has 1 heterocycles. The third-order valence-electron chi connectivity index (χ3n) is 4.05. The summed E-state index contributed by atoms with van der Waals surface area (Å²) in [5.74, 6) is 0.223. The fraction of sp³-hybridized carbons (Fsp3) is 0.562. The van der Waals surface area contributed by atoms with E-state index in [0.717, 1.165) is 17.7 Å². The average molecular weight is 260 g/mol. The zero-order valence-electron chi connectivity index (χ0n) is 12.2. The number of ketones is 1. The van der Waals surface area contributed by atoms with Crippen LogP contribution < -0.4 is 0 Å². The summed E-state index contributed by atoms with van der Waals surface area (Å²) >= 11 is 0. The Morgan fingerprint density at radius 1 is 1.42 bits per heavy atom. The van der Waals surface area contributed by atoms with E-state index in [4.69, 9.17) is 0 Å². The number of rotatable bonds is 5. The van der Waals surface area contributed by atoms with Crippen LogP contribution in [0.2, 0.25) is 0 Å². The van der Waals surface area contributed by atoms with Gasteiger partial charge in [-0.3, -0.25) is 9.69 Å². The largest absolute Gasteiger partial charge is 0.302 e. The van der Waals surface area contributed by atoms with Gasteiger partial charge in [-0.15, -0.1) is 0 Å². The van der Waals surface area contributed by atoms with E-state index in [0.29, 0.717) is 12.6 Å². The number of nitrogens with zero attached hydrogens (tertiary/aromatic N) is 2. The predicted molar refractivity (Wildman–Crippen MR) is 78.7 cm³/mol. The van der Waals surface area contributed by atoms with Crippen LogP contribution in [0.25, 0.3) is 0 Å². The highest BCUT2D eigenvalue weighted by Gasteiger charge is 2.23. The molecule has 1 aliphatic rings. The third-order valence-corrected chi connectivity index (χ3v) is 4.05. The Labute approximate surface area is 116 Å². The van der Waals surface area contributed by atoms with Gasteiger partial charge in [-0.05, 0) is 46.0 Å². The Kier molecular flexibility index (Phi) is 4.72. The number of aryl methyl sites for hydroxylation is 1. The summed E-state index contributed by atoms with van der Waals surface area (Å²) in [6.45, 7) is 4.67. The number of carbonyl (C=O) groups is 1. The maximum Gasteiger partial charge on any atom is 0.177 e. The van der Waals surface area contributed by atoms with Gasteiger partial charge in [0.15, 0.2) is 5.78 Å². The van der Waals surface area contributed by atoms with Gasteiger partial charge in [0.05, 0.1) is 6.54 Å². The summed E-state index contributed by atoms with van der Waals surface area (Å²) in [6.07, 6.45) is 2.53. The number of Topliss-reactive ketones (excluding diaryl/α,β-unsaturated/α-hetero) is 1. The Bertz CT molecular complexity index is 444. The van der Waals surface area contributed by atoms with Gasteiger partial charge in [-0.25, -0.2) is 0 Å². The Morgan fingerprint density at radius 2 is 2.16 bits per heavy atom. The van der Waals surface area contributed by atoms with Gasteiger partial charge in [0.1, 0.15) is 0 Å². The van der Waals surface area contributed by atoms with Gasteiger partial charge >= 0.3 is 0 Å². The van der Waals surface area contributed by atoms with Gasteiger partial charge in [0, 0.05) is 18.2 Å². The van der Waals surface area contributed by atoms with Crippen molar-refractivity contribution in [2.45, 2.75) is 25.8 Å². The molecule has 0 saturated carbocycles. The first-order valence-corrected chi connectivity index (χ1v) is 7.05. The number of hydrogen-bond acceptors (Lipinski definition) is 3. The van der Waals surface area contributed by atoms with Crippen LogP contribution in [0.15, 0.2) is 24.3 Å². The van der Waals surface area contributed by atoms with Crippen LogP contribution in [0.1, 0.15) is 28.8 Å². The number of likely N-dealkylation sites (tertiary alicyclic amines) is 1. The maximum atomic E-state index is 12.3. The van der Waals surface area contributed by atoms with Crippen molar-refractivity contribution in [1.82, 2.24) is 9.80 Å². The molecule has 2 rings (SSSR count). The number of benzene rings is 1. The van der Waals surface area contributed by atoms with Crippen molar-refractivity contribution in [3.8, 4) is 0 Å². The summed E-state index contributed by atoms with van der Waals surface area (Å²) < 4.78 is 0. The Balaban J connectivity index is 1.90. The summed E-state index contributed by atoms with van der Waals surface area (Å²) in [5.41, 5.74) is 1.92. The molecule has 0 N–H and O–H groups in total. The molecule has 1 aromatic rings. The van der Waals surface area contributed by atoms with Crippen molar-refractivity contribution in [3.63, 3.8) is 0 Å². The van der Waals surface area contributed by atoms with Gasteiger partial charge in [0.2, 0.25) is 0 Å². The molecule has 1 saturated heterocycles. The van der Waals surface area contributed by atoms with E-state index in [1.165, 1.54) is 19.4 Å². The maximum absolute atomic E-state index is 12.3. The minimum Gasteiger partial charge on any atom is -0.302 e. The van der Waals surface area contributed by atoms with Crippen molar-refractivity contribution < 1.29 is 4.79 Å². The molecular weight excluding hydrogens is 236 g/mol. The monoisotopic (exact) mass is 260 g/mol. The van der Waals surface area contributed by atoms with E-state index in [1.807, 2.05) is 38.2 Å². The Hall–Kier alpha value is -1.19. The van der Waals surface area contributed by atoms with Gasteiger partial charge in [0.25, 0.3) is 0 Å². The Morgan fingerprint density at radius 3 is 2.79 bits per heavy atom. The average Bonchev–Trinajstić information content (AvgIpc) is 2.75. The van der Waals surface area contributed by atoms with Gasteiger partial charge in [-0.2, -0.15) is 0 Å². The minimum absolute atomic E-state index is 0.223. The molecular formula is C16H24N2O. The molecule has 104 valence electrons. The lowest BCUT2D eigenvalue weighted by Crippen LogP contribution is -2.38. The molecule has 3 nitrogen and oxygen atoms in total. The van der Waals surface area contributed by atoms with Crippen LogP contribution >= 0.6 is 0 Å². The summed E-state index contributed by atoms with van der Waals surface area (Å²) in [4.78, 5) is 16.8. The van der Waals surface area contributed by atoms with Crippen LogP contribution in [-0.2, 0) is 0 Å². The van der Waals surface area contributed by atoms with Crippen LogP contribution in [0, 0.1) is 6.92 Å². The molecule has 0 spiro atoms. The third kappa shape index (κ3) is 3.64. The second-order valence-electron chi connectivity index (χ2n) is 5.71. The molecule has 0 bridgehead atoms. The fourth-order valence-corrected chi connectivity index (χ4v) is 2.85. The second-order valence-corrected chi connectivity index (χ2v) is 5.71. The van der Waals surface area contributed by atoms with Crippen molar-refractivity contribution in [1.29, 1.82) is 0 Å². The first-order valence-electron chi connectivity index (χ1n) is 7.05. The summed E-state index contributed by atoms with van der Waals surface area (Å²) in [6, 6.07) is 8.44. The van der Waals surface area contributed by atoms with E-state index < -0.39 is 0 Å². The summed E-state index contributed by atoms with van der Waals surface area (Å²) in [5, 5.41) is 0. The van der Waals surface area contributed by atoms with Crippen LogP contribution in [-0.4, -0.2) is 55.4 Å². The smallest absolute Gasteiger partial charge is 0.177 e. The zero-order valence-corrected chi connectivity index (χ0v) is 12.2. The van der Waals surface area contributed by atoms with Crippen LogP contribution in [0.3, 0.4) is 0 Å². The van der Waals surface area contributed by atoms with E-state index in [-0.39, 0.29) is 5.78 Å². The minimum atomic E-state index is 0.223. The van der Waals surface area contributed by atoms with E-state index in [9.17, 15) is 4.79 Å². The molecule has 0 aliphatic carbocycles. The highest BCUT2D eigenvalue weighted by molar-refractivity contribution is 5.98. The SMILES string of the molecule is Cc1ccccc1C(=O)CN(C)CC1CCCN1C. The highest BCUT2D eigenvalue weighted by Crippen LogP contribution is 2.16. The summed E-state index contributed by atoms with van der Waals surface area (Å²) in [7, 11) is 4.22. The lowest BCUT2D eigenvalue weighted by Gasteiger charge is -2.25. The number of likely N-dealkylation sites (N-methyl/N-ethyl adjacent to an activating group) is 2. The first-order chi connectivity index (χ1) is 9.08. The van der Waals surface area contributed by atoms with Crippen molar-refractivity contribution in [3.05, 3.63) is 35.4 Å². The van der Waals surface area contributed by atoms with Crippen molar-refractivity contribution in [2.24, 2.45) is 0 Å². The van der Waals surface area contributed by atoms with Gasteiger partial charge < -0.3 is 4.90 Å². The fourth-order valence-electron chi connectivity index (χ4n) is 2.85. The van der Waals surface area contributed by atoms with Gasteiger partial charge in [-0.1, -0.05) is 24.3 Å². The molecule has 1 aliphatic heterocycles. The molecule has 1 fully saturated rings. The molecule has 0 radical (unpaired) electrons. The molecule has 0 aromatic heterocycles. The zero-order chi connectivity index (χ0) is 13.8. The second kappa shape index (κ2) is 6.31. The first kappa shape index (κ1) is 14.2. The molecule has 1 atom stereocenters. The standard InChI is InChI=1S/C16H24N2O/c1-13-7-4-5-9-15(13)16(19)12-17(2)11-14-8-6-10-18(14)3/h4-5,7,9,14H,6,8,10-12H2,1-3H3. The lowest BCUT2D eigenvalue weighted by atomic mass is 10.0. The van der Waals surface area contributed by atoms with Crippen molar-refractivity contribution in [2.75, 3.05) is 33.7 Å². The molecule has 0 amide bonds. The molecule has 3 heteroatoms. The topological polar surface area (TPSA) is 23.6 Å². The van der Waals surface area contributed by atoms with E-state index >= 15 is 0 Å². The molecule has 1 aromatic carbocycles. The normalized spacial score (nSPS) is 20.1. The van der Waals surface area contributed by atoms with E-state index in [1.54, 1.807) is 0 Å². The molecule has 19 heavy (non-hydrogen) atoms. The molecule has 1 unspecified atom stereocenters. The highest BCUT2D eigenvalue weighted by atomic mass is 16.1. The predicted octanol–water partition coefficient (Wildman–Crippen LogP) is 2.20. The van der Waals surface area contributed by atoms with E-state index in [2.05, 4.69) is 16.8 Å².